The van der Waals surface area contributed by atoms with Gasteiger partial charge in [0.25, 0.3) is 5.91 Å². The molecule has 1 unspecified atom stereocenters. The summed E-state index contributed by atoms with van der Waals surface area (Å²) < 4.78 is 44.1. The summed E-state index contributed by atoms with van der Waals surface area (Å²) in [5.41, 5.74) is 0.133. The molecule has 3 aromatic rings. The number of nitrogens with one attached hydrogen (secondary N) is 3. The molecule has 0 saturated carbocycles. The molecule has 0 fully saturated rings. The molecule has 7 nitrogen and oxygen atoms in total. The van der Waals surface area contributed by atoms with Crippen LogP contribution < -0.4 is 10.6 Å². The van der Waals surface area contributed by atoms with Crippen molar-refractivity contribution in [2.75, 3.05) is 11.9 Å². The number of aromatic nitrogens is 1. The van der Waals surface area contributed by atoms with E-state index in [4.69, 9.17) is 4.74 Å². The Morgan fingerprint density at radius 1 is 1.06 bits per heavy atom. The lowest BCUT2D eigenvalue weighted by molar-refractivity contribution is -0.150. The predicted octanol–water partition coefficient (Wildman–Crippen LogP) is 3.42. The molecule has 168 valence electrons. The number of ether oxygens (including phenoxy) is 1. The van der Waals surface area contributed by atoms with Crippen LogP contribution in [0.2, 0.25) is 0 Å². The Morgan fingerprint density at radius 3 is 2.47 bits per heavy atom. The molecular weight excluding hydrogens is 427 g/mol. The highest BCUT2D eigenvalue weighted by Gasteiger charge is 2.33. The SMILES string of the molecule is CC(=O)NC(Cc1c[nH]c2ccccc12)C(=O)OCC(=O)Nc1ccccc1C(F)(F)F. The van der Waals surface area contributed by atoms with Gasteiger partial charge in [-0.15, -0.1) is 0 Å². The maximum absolute atomic E-state index is 13.1. The number of hydrogen-bond donors (Lipinski definition) is 3. The van der Waals surface area contributed by atoms with E-state index in [1.165, 1.54) is 19.1 Å². The molecule has 0 saturated heterocycles. The van der Waals surface area contributed by atoms with E-state index < -0.39 is 47.9 Å². The number of rotatable bonds is 7. The van der Waals surface area contributed by atoms with Crippen molar-refractivity contribution in [3.8, 4) is 0 Å². The van der Waals surface area contributed by atoms with E-state index in [9.17, 15) is 27.6 Å². The molecule has 0 spiro atoms. The summed E-state index contributed by atoms with van der Waals surface area (Å²) in [5.74, 6) is -2.30. The van der Waals surface area contributed by atoms with Gasteiger partial charge in [0.15, 0.2) is 6.61 Å². The number of benzene rings is 2. The van der Waals surface area contributed by atoms with Crippen LogP contribution in [0, 0.1) is 0 Å². The topological polar surface area (TPSA) is 100 Å². The van der Waals surface area contributed by atoms with E-state index in [-0.39, 0.29) is 6.42 Å². The standard InChI is InChI=1S/C22H20F3N3O4/c1-13(29)27-19(10-14-11-26-17-8-4-2-6-15(14)17)21(31)32-12-20(30)28-18-9-5-3-7-16(18)22(23,24)25/h2-9,11,19,26H,10,12H2,1H3,(H,27,29)(H,28,30). The molecule has 10 heteroatoms. The van der Waals surface area contributed by atoms with Crippen molar-refractivity contribution in [2.24, 2.45) is 0 Å². The number of halogens is 3. The molecule has 32 heavy (non-hydrogen) atoms. The number of anilines is 1. The predicted molar refractivity (Wildman–Crippen MR) is 111 cm³/mol. The number of carbonyl (C=O) groups excluding carboxylic acids is 3. The van der Waals surface area contributed by atoms with Crippen LogP contribution in [0.1, 0.15) is 18.1 Å². The minimum Gasteiger partial charge on any atom is -0.454 e. The number of para-hydroxylation sites is 2. The van der Waals surface area contributed by atoms with Gasteiger partial charge in [-0.3, -0.25) is 9.59 Å². The van der Waals surface area contributed by atoms with Crippen LogP contribution in [0.15, 0.2) is 54.7 Å². The molecule has 2 aromatic carbocycles. The zero-order valence-corrected chi connectivity index (χ0v) is 17.0. The summed E-state index contributed by atoms with van der Waals surface area (Å²) in [4.78, 5) is 39.2. The Kier molecular flexibility index (Phi) is 6.82. The summed E-state index contributed by atoms with van der Waals surface area (Å²) in [7, 11) is 0. The Balaban J connectivity index is 1.65. The van der Waals surface area contributed by atoms with Crippen molar-refractivity contribution in [1.82, 2.24) is 10.3 Å². The Bertz CT molecular complexity index is 1140. The monoisotopic (exact) mass is 447 g/mol. The Hall–Kier alpha value is -3.82. The Morgan fingerprint density at radius 2 is 1.75 bits per heavy atom. The normalized spacial score (nSPS) is 12.2. The van der Waals surface area contributed by atoms with Gasteiger partial charge in [0, 0.05) is 30.4 Å². The molecule has 0 bridgehead atoms. The van der Waals surface area contributed by atoms with Gasteiger partial charge >= 0.3 is 12.1 Å². The number of amides is 2. The Labute approximate surface area is 180 Å². The summed E-state index contributed by atoms with van der Waals surface area (Å²) in [6.45, 7) is 0.422. The van der Waals surface area contributed by atoms with Crippen LogP contribution in [0.4, 0.5) is 18.9 Å². The van der Waals surface area contributed by atoms with Gasteiger partial charge < -0.3 is 20.4 Å². The van der Waals surface area contributed by atoms with Gasteiger partial charge in [-0.2, -0.15) is 13.2 Å². The number of esters is 1. The van der Waals surface area contributed by atoms with Crippen LogP contribution >= 0.6 is 0 Å². The van der Waals surface area contributed by atoms with Crippen molar-refractivity contribution in [3.63, 3.8) is 0 Å². The zero-order valence-electron chi connectivity index (χ0n) is 17.0. The summed E-state index contributed by atoms with van der Waals surface area (Å²) in [6.07, 6.45) is -2.86. The lowest BCUT2D eigenvalue weighted by Gasteiger charge is -2.17. The third-order valence-electron chi connectivity index (χ3n) is 4.61. The molecule has 2 amide bonds. The van der Waals surface area contributed by atoms with Crippen molar-refractivity contribution in [2.45, 2.75) is 25.6 Å². The van der Waals surface area contributed by atoms with E-state index in [2.05, 4.69) is 15.6 Å². The van der Waals surface area contributed by atoms with Gasteiger partial charge in [-0.1, -0.05) is 30.3 Å². The average Bonchev–Trinajstić information content (AvgIpc) is 3.14. The van der Waals surface area contributed by atoms with Crippen LogP contribution in [0.25, 0.3) is 10.9 Å². The molecule has 1 aromatic heterocycles. The number of aromatic amines is 1. The average molecular weight is 447 g/mol. The van der Waals surface area contributed by atoms with E-state index in [1.807, 2.05) is 24.3 Å². The van der Waals surface area contributed by atoms with E-state index in [1.54, 1.807) is 6.20 Å². The molecule has 0 aliphatic rings. The van der Waals surface area contributed by atoms with Crippen LogP contribution in [0.3, 0.4) is 0 Å². The molecule has 1 heterocycles. The lowest BCUT2D eigenvalue weighted by Crippen LogP contribution is -2.43. The van der Waals surface area contributed by atoms with Crippen LogP contribution in [0.5, 0.6) is 0 Å². The fraction of sp³-hybridized carbons (Fsp3) is 0.227. The second kappa shape index (κ2) is 9.54. The van der Waals surface area contributed by atoms with Crippen LogP contribution in [-0.2, 0) is 31.7 Å². The third kappa shape index (κ3) is 5.65. The second-order valence-corrected chi connectivity index (χ2v) is 7.02. The van der Waals surface area contributed by atoms with Crippen molar-refractivity contribution >= 4 is 34.4 Å². The highest BCUT2D eigenvalue weighted by atomic mass is 19.4. The minimum absolute atomic E-state index is 0.0982. The fourth-order valence-electron chi connectivity index (χ4n) is 3.22. The maximum Gasteiger partial charge on any atom is 0.418 e. The van der Waals surface area contributed by atoms with E-state index in [0.717, 1.165) is 28.6 Å². The molecule has 1 atom stereocenters. The quantitative estimate of drug-likeness (QED) is 0.483. The zero-order chi connectivity index (χ0) is 23.3. The van der Waals surface area contributed by atoms with E-state index >= 15 is 0 Å². The number of alkyl halides is 3. The fourth-order valence-corrected chi connectivity index (χ4v) is 3.22. The first kappa shape index (κ1) is 22.9. The summed E-state index contributed by atoms with van der Waals surface area (Å²) in [5, 5.41) is 5.43. The molecule has 3 N–H and O–H groups in total. The number of H-pyrrole nitrogens is 1. The van der Waals surface area contributed by atoms with Gasteiger partial charge in [-0.05, 0) is 23.8 Å². The van der Waals surface area contributed by atoms with Gasteiger partial charge in [0.2, 0.25) is 5.91 Å². The van der Waals surface area contributed by atoms with Gasteiger partial charge in [0.1, 0.15) is 6.04 Å². The first-order valence-electron chi connectivity index (χ1n) is 9.60. The van der Waals surface area contributed by atoms with Crippen molar-refractivity contribution < 1.29 is 32.3 Å². The highest BCUT2D eigenvalue weighted by molar-refractivity contribution is 5.94. The van der Waals surface area contributed by atoms with E-state index in [0.29, 0.717) is 0 Å². The van der Waals surface area contributed by atoms with Crippen molar-refractivity contribution in [1.29, 1.82) is 0 Å². The van der Waals surface area contributed by atoms with Crippen molar-refractivity contribution in [3.05, 3.63) is 65.9 Å². The molecule has 0 aliphatic heterocycles. The second-order valence-electron chi connectivity index (χ2n) is 7.02. The third-order valence-corrected chi connectivity index (χ3v) is 4.61. The summed E-state index contributed by atoms with van der Waals surface area (Å²) in [6, 6.07) is 10.8. The minimum atomic E-state index is -4.66. The lowest BCUT2D eigenvalue weighted by atomic mass is 10.0. The van der Waals surface area contributed by atoms with Gasteiger partial charge in [-0.25, -0.2) is 4.79 Å². The number of fused-ring (bicyclic) bond motifs is 1. The summed E-state index contributed by atoms with van der Waals surface area (Å²) >= 11 is 0. The highest BCUT2D eigenvalue weighted by Crippen LogP contribution is 2.34. The smallest absolute Gasteiger partial charge is 0.418 e. The van der Waals surface area contributed by atoms with Gasteiger partial charge in [0.05, 0.1) is 11.3 Å². The number of hydrogen-bond acceptors (Lipinski definition) is 4. The largest absolute Gasteiger partial charge is 0.454 e. The van der Waals surface area contributed by atoms with Crippen LogP contribution in [-0.4, -0.2) is 35.4 Å². The molecule has 3 rings (SSSR count). The first-order valence-corrected chi connectivity index (χ1v) is 9.60. The molecule has 0 radical (unpaired) electrons. The molecular formula is C22H20F3N3O4. The first-order chi connectivity index (χ1) is 15.1. The maximum atomic E-state index is 13.1. The molecule has 0 aliphatic carbocycles. The number of carbonyl (C=O) groups is 3.